The summed E-state index contributed by atoms with van der Waals surface area (Å²) in [5.74, 6) is -0.505. The summed E-state index contributed by atoms with van der Waals surface area (Å²) in [7, 11) is -3.61. The van der Waals surface area contributed by atoms with Crippen molar-refractivity contribution in [3.05, 3.63) is 60.2 Å². The van der Waals surface area contributed by atoms with E-state index in [2.05, 4.69) is 4.72 Å². The fourth-order valence-electron chi connectivity index (χ4n) is 2.13. The molecule has 2 aromatic carbocycles. The molecule has 0 radical (unpaired) electrons. The van der Waals surface area contributed by atoms with Crippen LogP contribution >= 0.6 is 0 Å². The van der Waals surface area contributed by atoms with Gasteiger partial charge >= 0.3 is 5.97 Å². The maximum atomic E-state index is 12.5. The lowest BCUT2D eigenvalue weighted by Gasteiger charge is -2.05. The van der Waals surface area contributed by atoms with Crippen LogP contribution in [0.15, 0.2) is 59.0 Å². The number of carbonyl (C=O) groups is 1. The molecule has 23 heavy (non-hydrogen) atoms. The summed E-state index contributed by atoms with van der Waals surface area (Å²) in [5, 5.41) is 0.472. The van der Waals surface area contributed by atoms with Crippen LogP contribution in [-0.4, -0.2) is 20.6 Å². The smallest absolute Gasteiger partial charge is 0.349 e. The molecular weight excluding hydrogens is 318 g/mol. The number of para-hydroxylation sites is 2. The zero-order valence-electron chi connectivity index (χ0n) is 12.1. The van der Waals surface area contributed by atoms with E-state index >= 15 is 0 Å². The minimum absolute atomic E-state index is 0.0369. The lowest BCUT2D eigenvalue weighted by atomic mass is 10.1. The van der Waals surface area contributed by atoms with Crippen molar-refractivity contribution in [2.75, 3.05) is 11.0 Å². The highest BCUT2D eigenvalue weighted by Crippen LogP contribution is 2.31. The molecule has 0 saturated carbocycles. The Morgan fingerprint density at radius 3 is 2.39 bits per heavy atom. The van der Waals surface area contributed by atoms with Gasteiger partial charge in [0, 0.05) is 5.39 Å². The van der Waals surface area contributed by atoms with E-state index in [4.69, 9.17) is 9.15 Å². The lowest BCUT2D eigenvalue weighted by Crippen LogP contribution is -2.14. The maximum absolute atomic E-state index is 12.5. The molecule has 7 heteroatoms. The molecule has 1 N–H and O–H groups in total. The molecule has 1 heterocycles. The van der Waals surface area contributed by atoms with Crippen molar-refractivity contribution in [3.8, 4) is 5.75 Å². The molecule has 0 aliphatic rings. The van der Waals surface area contributed by atoms with Crippen LogP contribution in [0.2, 0.25) is 0 Å². The molecule has 0 unspecified atom stereocenters. The number of fused-ring (bicyclic) bond motifs is 1. The monoisotopic (exact) mass is 331 g/mol. The third kappa shape index (κ3) is 3.35. The van der Waals surface area contributed by atoms with E-state index in [0.717, 1.165) is 6.26 Å². The van der Waals surface area contributed by atoms with Gasteiger partial charge in [0.1, 0.15) is 16.9 Å². The summed E-state index contributed by atoms with van der Waals surface area (Å²) < 4.78 is 35.9. The second-order valence-electron chi connectivity index (χ2n) is 4.88. The highest BCUT2D eigenvalue weighted by molar-refractivity contribution is 7.92. The van der Waals surface area contributed by atoms with Crippen molar-refractivity contribution in [3.63, 3.8) is 0 Å². The standard InChI is InChI=1S/C16H13NO5S/c1-23(19,20)17-15-14(12-9-5-6-10-13(12)22-15)16(18)21-11-7-3-2-4-8-11/h2-10,17H,1H3. The maximum Gasteiger partial charge on any atom is 0.349 e. The SMILES string of the molecule is CS(=O)(=O)Nc1oc2ccccc2c1C(=O)Oc1ccccc1. The van der Waals surface area contributed by atoms with Crippen molar-refractivity contribution in [1.29, 1.82) is 0 Å². The Labute approximate surface area is 132 Å². The molecule has 1 aromatic heterocycles. The van der Waals surface area contributed by atoms with Crippen LogP contribution in [-0.2, 0) is 10.0 Å². The number of nitrogens with one attached hydrogen (secondary N) is 1. The number of furan rings is 1. The summed E-state index contributed by atoms with van der Waals surface area (Å²) in [5.41, 5.74) is 0.425. The molecule has 0 atom stereocenters. The van der Waals surface area contributed by atoms with Gasteiger partial charge in [-0.05, 0) is 18.2 Å². The molecule has 0 aliphatic carbocycles. The van der Waals surface area contributed by atoms with Gasteiger partial charge in [-0.3, -0.25) is 4.72 Å². The Hall–Kier alpha value is -2.80. The van der Waals surface area contributed by atoms with Crippen LogP contribution < -0.4 is 9.46 Å². The van der Waals surface area contributed by atoms with E-state index in [0.29, 0.717) is 16.7 Å². The topological polar surface area (TPSA) is 85.6 Å². The van der Waals surface area contributed by atoms with E-state index < -0.39 is 16.0 Å². The fourth-order valence-corrected chi connectivity index (χ4v) is 2.62. The van der Waals surface area contributed by atoms with Crippen LogP contribution in [0.4, 0.5) is 5.88 Å². The van der Waals surface area contributed by atoms with Crippen molar-refractivity contribution in [2.45, 2.75) is 0 Å². The number of hydrogen-bond acceptors (Lipinski definition) is 5. The predicted octanol–water partition coefficient (Wildman–Crippen LogP) is 3.02. The molecule has 0 fully saturated rings. The van der Waals surface area contributed by atoms with E-state index in [1.54, 1.807) is 54.6 Å². The van der Waals surface area contributed by atoms with Gasteiger partial charge in [0.05, 0.1) is 6.26 Å². The molecule has 0 aliphatic heterocycles. The third-order valence-electron chi connectivity index (χ3n) is 3.03. The molecule has 3 aromatic rings. The highest BCUT2D eigenvalue weighted by Gasteiger charge is 2.24. The first-order valence-electron chi connectivity index (χ1n) is 6.70. The zero-order chi connectivity index (χ0) is 16.4. The second-order valence-corrected chi connectivity index (χ2v) is 6.63. The van der Waals surface area contributed by atoms with Gasteiger partial charge in [-0.1, -0.05) is 36.4 Å². The Morgan fingerprint density at radius 1 is 1.04 bits per heavy atom. The van der Waals surface area contributed by atoms with Crippen LogP contribution in [0.3, 0.4) is 0 Å². The van der Waals surface area contributed by atoms with Gasteiger partial charge in [0.2, 0.25) is 15.9 Å². The van der Waals surface area contributed by atoms with Gasteiger partial charge in [-0.25, -0.2) is 13.2 Å². The molecule has 0 spiro atoms. The largest absolute Gasteiger partial charge is 0.439 e. The van der Waals surface area contributed by atoms with Crippen molar-refractivity contribution in [2.24, 2.45) is 0 Å². The number of ether oxygens (including phenoxy) is 1. The summed E-state index contributed by atoms with van der Waals surface area (Å²) in [6.45, 7) is 0. The van der Waals surface area contributed by atoms with Crippen molar-refractivity contribution >= 4 is 32.8 Å². The average Bonchev–Trinajstić information content (AvgIpc) is 2.83. The minimum Gasteiger partial charge on any atom is -0.439 e. The molecule has 118 valence electrons. The third-order valence-corrected chi connectivity index (χ3v) is 3.59. The number of anilines is 1. The zero-order valence-corrected chi connectivity index (χ0v) is 13.0. The second kappa shape index (κ2) is 5.77. The van der Waals surface area contributed by atoms with E-state index in [1.807, 2.05) is 0 Å². The van der Waals surface area contributed by atoms with E-state index in [-0.39, 0.29) is 11.4 Å². The van der Waals surface area contributed by atoms with E-state index in [1.165, 1.54) is 0 Å². The first kappa shape index (κ1) is 15.1. The molecule has 0 amide bonds. The summed E-state index contributed by atoms with van der Waals surface area (Å²) in [4.78, 5) is 12.5. The lowest BCUT2D eigenvalue weighted by molar-refractivity contribution is 0.0737. The van der Waals surface area contributed by atoms with Gasteiger partial charge in [0.15, 0.2) is 0 Å². The van der Waals surface area contributed by atoms with Crippen LogP contribution in [0.25, 0.3) is 11.0 Å². The number of carbonyl (C=O) groups excluding carboxylic acids is 1. The number of esters is 1. The minimum atomic E-state index is -3.61. The predicted molar refractivity (Wildman–Crippen MR) is 86.1 cm³/mol. The molecular formula is C16H13NO5S. The van der Waals surface area contributed by atoms with Gasteiger partial charge in [-0.2, -0.15) is 0 Å². The normalized spacial score (nSPS) is 11.3. The average molecular weight is 331 g/mol. The van der Waals surface area contributed by atoms with Crippen molar-refractivity contribution in [1.82, 2.24) is 0 Å². The van der Waals surface area contributed by atoms with Crippen LogP contribution in [0, 0.1) is 0 Å². The Balaban J connectivity index is 2.07. The van der Waals surface area contributed by atoms with Gasteiger partial charge in [-0.15, -0.1) is 0 Å². The Kier molecular flexibility index (Phi) is 3.79. The number of rotatable bonds is 4. The first-order valence-corrected chi connectivity index (χ1v) is 8.60. The number of sulfonamides is 1. The van der Waals surface area contributed by atoms with Gasteiger partial charge in [0.25, 0.3) is 0 Å². The number of benzene rings is 2. The quantitative estimate of drug-likeness (QED) is 0.587. The fraction of sp³-hybridized carbons (Fsp3) is 0.0625. The summed E-state index contributed by atoms with van der Waals surface area (Å²) in [6.07, 6.45) is 0.979. The molecule has 3 rings (SSSR count). The molecule has 6 nitrogen and oxygen atoms in total. The summed E-state index contributed by atoms with van der Waals surface area (Å²) in [6, 6.07) is 15.3. The Morgan fingerprint density at radius 2 is 1.70 bits per heavy atom. The van der Waals surface area contributed by atoms with Crippen molar-refractivity contribution < 1.29 is 22.4 Å². The molecule has 0 bridgehead atoms. The molecule has 0 saturated heterocycles. The van der Waals surface area contributed by atoms with Crippen LogP contribution in [0.5, 0.6) is 5.75 Å². The number of hydrogen-bond donors (Lipinski definition) is 1. The Bertz CT molecular complexity index is 961. The highest BCUT2D eigenvalue weighted by atomic mass is 32.2. The first-order chi connectivity index (χ1) is 10.9. The van der Waals surface area contributed by atoms with E-state index in [9.17, 15) is 13.2 Å². The van der Waals surface area contributed by atoms with Gasteiger partial charge < -0.3 is 9.15 Å². The van der Waals surface area contributed by atoms with Crippen LogP contribution in [0.1, 0.15) is 10.4 Å². The summed E-state index contributed by atoms with van der Waals surface area (Å²) >= 11 is 0.